The average Bonchev–Trinajstić information content (AvgIpc) is 2.91. The normalized spacial score (nSPS) is 28.9. The van der Waals surface area contributed by atoms with Crippen LogP contribution < -0.4 is 10.6 Å². The van der Waals surface area contributed by atoms with E-state index in [-0.39, 0.29) is 11.8 Å². The van der Waals surface area contributed by atoms with Gasteiger partial charge in [0.1, 0.15) is 0 Å². The van der Waals surface area contributed by atoms with Gasteiger partial charge in [0.2, 0.25) is 5.91 Å². The van der Waals surface area contributed by atoms with Gasteiger partial charge in [-0.05, 0) is 55.9 Å². The van der Waals surface area contributed by atoms with Crippen LogP contribution in [-0.4, -0.2) is 41.9 Å². The number of aryl methyl sites for hydroxylation is 1. The van der Waals surface area contributed by atoms with Crippen LogP contribution >= 0.6 is 0 Å². The van der Waals surface area contributed by atoms with Crippen LogP contribution in [0.1, 0.15) is 48.0 Å². The Morgan fingerprint density at radius 1 is 1.17 bits per heavy atom. The second-order valence-corrected chi connectivity index (χ2v) is 7.10. The number of fused-ring (bicyclic) bond motifs is 3. The molecule has 2 N–H and O–H groups in total. The Kier molecular flexibility index (Phi) is 3.60. The lowest BCUT2D eigenvalue weighted by molar-refractivity contribution is -0.116. The monoisotopic (exact) mass is 313 g/mol. The van der Waals surface area contributed by atoms with E-state index >= 15 is 0 Å². The third kappa shape index (κ3) is 2.74. The maximum atomic E-state index is 12.8. The fourth-order valence-electron chi connectivity index (χ4n) is 4.23. The van der Waals surface area contributed by atoms with Crippen molar-refractivity contribution in [3.05, 3.63) is 29.3 Å². The third-order valence-electron chi connectivity index (χ3n) is 5.56. The number of carbonyl (C=O) groups excluding carboxylic acids is 2. The van der Waals surface area contributed by atoms with E-state index in [0.717, 1.165) is 29.7 Å². The zero-order valence-electron chi connectivity index (χ0n) is 13.5. The highest BCUT2D eigenvalue weighted by molar-refractivity contribution is 5.98. The first-order valence-electron chi connectivity index (χ1n) is 8.56. The Balaban J connectivity index is 1.51. The van der Waals surface area contributed by atoms with Crippen molar-refractivity contribution in [1.29, 1.82) is 0 Å². The van der Waals surface area contributed by atoms with Gasteiger partial charge in [0.25, 0.3) is 5.91 Å². The summed E-state index contributed by atoms with van der Waals surface area (Å²) in [6.07, 6.45) is 5.80. The molecule has 2 bridgehead atoms. The number of rotatable bonds is 2. The van der Waals surface area contributed by atoms with Crippen molar-refractivity contribution in [3.63, 3.8) is 0 Å². The number of nitrogens with zero attached hydrogens (tertiary/aromatic N) is 1. The number of amides is 2. The number of piperidine rings is 1. The Morgan fingerprint density at radius 3 is 2.65 bits per heavy atom. The standard InChI is InChI=1S/C18H23N3O2/c1-21(15-9-13-4-5-14(10-15)19-13)18(23)12-2-6-16-11(8-12)3-7-17(22)20-16/h2,6,8,13-15,19H,3-5,7,9-10H2,1H3,(H,20,22). The number of hydrogen-bond donors (Lipinski definition) is 2. The minimum Gasteiger partial charge on any atom is -0.339 e. The first-order chi connectivity index (χ1) is 11.1. The molecule has 3 aliphatic rings. The second kappa shape index (κ2) is 5.64. The predicted molar refractivity (Wildman–Crippen MR) is 88.5 cm³/mol. The summed E-state index contributed by atoms with van der Waals surface area (Å²) in [6.45, 7) is 0. The highest BCUT2D eigenvalue weighted by Crippen LogP contribution is 2.30. The molecular weight excluding hydrogens is 290 g/mol. The van der Waals surface area contributed by atoms with Crippen LogP contribution in [0.3, 0.4) is 0 Å². The Hall–Kier alpha value is -1.88. The summed E-state index contributed by atoms with van der Waals surface area (Å²) in [5.74, 6) is 0.148. The lowest BCUT2D eigenvalue weighted by atomic mass is 9.96. The van der Waals surface area contributed by atoms with Crippen LogP contribution in [-0.2, 0) is 11.2 Å². The van der Waals surface area contributed by atoms with Crippen molar-refractivity contribution in [1.82, 2.24) is 10.2 Å². The minimum absolute atomic E-state index is 0.0545. The molecule has 0 radical (unpaired) electrons. The van der Waals surface area contributed by atoms with Crippen LogP contribution in [0.25, 0.3) is 0 Å². The minimum atomic E-state index is 0.0545. The molecule has 3 heterocycles. The molecular formula is C18H23N3O2. The van der Waals surface area contributed by atoms with E-state index < -0.39 is 0 Å². The molecule has 2 fully saturated rings. The van der Waals surface area contributed by atoms with Crippen LogP contribution in [0.15, 0.2) is 18.2 Å². The van der Waals surface area contributed by atoms with Crippen LogP contribution in [0.5, 0.6) is 0 Å². The van der Waals surface area contributed by atoms with E-state index in [2.05, 4.69) is 10.6 Å². The predicted octanol–water partition coefficient (Wildman–Crippen LogP) is 1.93. The summed E-state index contributed by atoms with van der Waals surface area (Å²) in [5.41, 5.74) is 2.64. The molecule has 23 heavy (non-hydrogen) atoms. The van der Waals surface area contributed by atoms with Crippen molar-refractivity contribution in [2.24, 2.45) is 0 Å². The van der Waals surface area contributed by atoms with Crippen molar-refractivity contribution >= 4 is 17.5 Å². The fraction of sp³-hybridized carbons (Fsp3) is 0.556. The summed E-state index contributed by atoms with van der Waals surface area (Å²) in [6, 6.07) is 7.12. The number of hydrogen-bond acceptors (Lipinski definition) is 3. The SMILES string of the molecule is CN(C(=O)c1ccc2c(c1)CCC(=O)N2)C1CC2CCC(C1)N2. The van der Waals surface area contributed by atoms with Gasteiger partial charge in [0, 0.05) is 42.8 Å². The van der Waals surface area contributed by atoms with E-state index in [0.29, 0.717) is 31.0 Å². The van der Waals surface area contributed by atoms with Gasteiger partial charge in [-0.1, -0.05) is 0 Å². The molecule has 0 aliphatic carbocycles. The number of anilines is 1. The van der Waals surface area contributed by atoms with E-state index in [1.165, 1.54) is 12.8 Å². The molecule has 3 aliphatic heterocycles. The smallest absolute Gasteiger partial charge is 0.253 e. The zero-order valence-corrected chi connectivity index (χ0v) is 13.5. The molecule has 0 saturated carbocycles. The maximum absolute atomic E-state index is 12.8. The van der Waals surface area contributed by atoms with E-state index in [1.54, 1.807) is 0 Å². The summed E-state index contributed by atoms with van der Waals surface area (Å²) < 4.78 is 0. The third-order valence-corrected chi connectivity index (χ3v) is 5.56. The first kappa shape index (κ1) is 14.7. The van der Waals surface area contributed by atoms with Gasteiger partial charge in [-0.15, -0.1) is 0 Å². The van der Waals surface area contributed by atoms with Gasteiger partial charge in [-0.3, -0.25) is 9.59 Å². The van der Waals surface area contributed by atoms with Crippen LogP contribution in [0.2, 0.25) is 0 Å². The number of benzene rings is 1. The van der Waals surface area contributed by atoms with Crippen molar-refractivity contribution in [2.45, 2.75) is 56.7 Å². The van der Waals surface area contributed by atoms with E-state index in [9.17, 15) is 9.59 Å². The summed E-state index contributed by atoms with van der Waals surface area (Å²) >= 11 is 0. The van der Waals surface area contributed by atoms with E-state index in [4.69, 9.17) is 0 Å². The van der Waals surface area contributed by atoms with Crippen LogP contribution in [0, 0.1) is 0 Å². The quantitative estimate of drug-likeness (QED) is 0.877. The molecule has 0 aromatic heterocycles. The van der Waals surface area contributed by atoms with Gasteiger partial charge in [-0.2, -0.15) is 0 Å². The Labute approximate surface area is 136 Å². The van der Waals surface area contributed by atoms with Gasteiger partial charge < -0.3 is 15.5 Å². The van der Waals surface area contributed by atoms with Gasteiger partial charge in [-0.25, -0.2) is 0 Å². The molecule has 2 atom stereocenters. The van der Waals surface area contributed by atoms with Gasteiger partial charge in [0.05, 0.1) is 0 Å². The summed E-state index contributed by atoms with van der Waals surface area (Å²) in [7, 11) is 1.93. The molecule has 4 rings (SSSR count). The zero-order chi connectivity index (χ0) is 16.0. The number of nitrogens with one attached hydrogen (secondary N) is 2. The molecule has 0 spiro atoms. The molecule has 2 amide bonds. The highest BCUT2D eigenvalue weighted by Gasteiger charge is 2.36. The molecule has 5 heteroatoms. The van der Waals surface area contributed by atoms with Crippen molar-refractivity contribution < 1.29 is 9.59 Å². The van der Waals surface area contributed by atoms with Crippen molar-refractivity contribution in [3.8, 4) is 0 Å². The molecule has 2 unspecified atom stereocenters. The molecule has 122 valence electrons. The lowest BCUT2D eigenvalue weighted by Gasteiger charge is -2.35. The van der Waals surface area contributed by atoms with Gasteiger partial charge in [0.15, 0.2) is 0 Å². The molecule has 2 saturated heterocycles. The lowest BCUT2D eigenvalue weighted by Crippen LogP contribution is -2.48. The van der Waals surface area contributed by atoms with Crippen molar-refractivity contribution in [2.75, 3.05) is 12.4 Å². The summed E-state index contributed by atoms with van der Waals surface area (Å²) in [5, 5.41) is 6.49. The van der Waals surface area contributed by atoms with Crippen LogP contribution in [0.4, 0.5) is 5.69 Å². The molecule has 5 nitrogen and oxygen atoms in total. The second-order valence-electron chi connectivity index (χ2n) is 7.10. The fourth-order valence-corrected chi connectivity index (χ4v) is 4.23. The number of carbonyl (C=O) groups is 2. The first-order valence-corrected chi connectivity index (χ1v) is 8.56. The Bertz CT molecular complexity index is 646. The maximum Gasteiger partial charge on any atom is 0.253 e. The summed E-state index contributed by atoms with van der Waals surface area (Å²) in [4.78, 5) is 26.2. The largest absolute Gasteiger partial charge is 0.339 e. The van der Waals surface area contributed by atoms with Gasteiger partial charge >= 0.3 is 0 Å². The topological polar surface area (TPSA) is 61.4 Å². The molecule has 1 aromatic rings. The van der Waals surface area contributed by atoms with E-state index in [1.807, 2.05) is 30.1 Å². The molecule has 1 aromatic carbocycles. The average molecular weight is 313 g/mol. The Morgan fingerprint density at radius 2 is 1.91 bits per heavy atom. The highest BCUT2D eigenvalue weighted by atomic mass is 16.2.